The number of halogens is 2. The zero-order valence-corrected chi connectivity index (χ0v) is 15.8. The summed E-state index contributed by atoms with van der Waals surface area (Å²) in [4.78, 5) is 4.22. The minimum atomic E-state index is 0.424. The van der Waals surface area contributed by atoms with E-state index in [9.17, 15) is 0 Å². The molecule has 0 spiro atoms. The molecule has 2 aliphatic carbocycles. The Morgan fingerprint density at radius 1 is 0.957 bits per heavy atom. The first kappa shape index (κ1) is 17.5. The van der Waals surface area contributed by atoms with Gasteiger partial charge in [0.05, 0.1) is 5.02 Å². The average molecular weight is 354 g/mol. The molecule has 2 saturated carbocycles. The molecule has 1 heterocycles. The molecular weight excluding hydrogens is 325 g/mol. The Morgan fingerprint density at radius 2 is 1.57 bits per heavy atom. The first-order valence-corrected chi connectivity index (χ1v) is 10.2. The highest BCUT2D eigenvalue weighted by Gasteiger charge is 2.31. The fraction of sp³-hybridized carbons (Fsp3) is 0.750. The number of nitrogens with zero attached hydrogens (tertiary/aromatic N) is 1. The molecule has 3 rings (SSSR count). The fourth-order valence-electron chi connectivity index (χ4n) is 4.94. The molecule has 0 radical (unpaired) electrons. The highest BCUT2D eigenvalue weighted by molar-refractivity contribution is 6.41. The van der Waals surface area contributed by atoms with Crippen molar-refractivity contribution in [2.24, 2.45) is 17.8 Å². The van der Waals surface area contributed by atoms with Crippen LogP contribution < -0.4 is 0 Å². The van der Waals surface area contributed by atoms with Crippen LogP contribution in [0.15, 0.2) is 12.3 Å². The van der Waals surface area contributed by atoms with Gasteiger partial charge in [-0.15, -0.1) is 0 Å². The number of rotatable bonds is 4. The van der Waals surface area contributed by atoms with Crippen molar-refractivity contribution >= 4 is 23.2 Å². The molecule has 2 fully saturated rings. The molecule has 0 amide bonds. The highest BCUT2D eigenvalue weighted by atomic mass is 35.5. The van der Waals surface area contributed by atoms with Crippen molar-refractivity contribution < 1.29 is 0 Å². The van der Waals surface area contributed by atoms with Crippen LogP contribution in [0.3, 0.4) is 0 Å². The van der Waals surface area contributed by atoms with Crippen molar-refractivity contribution in [2.75, 3.05) is 0 Å². The summed E-state index contributed by atoms with van der Waals surface area (Å²) < 4.78 is 0. The monoisotopic (exact) mass is 353 g/mol. The van der Waals surface area contributed by atoms with Crippen molar-refractivity contribution in [3.63, 3.8) is 0 Å². The molecule has 0 unspecified atom stereocenters. The Balaban J connectivity index is 1.50. The Bertz CT molecular complexity index is 500. The van der Waals surface area contributed by atoms with Gasteiger partial charge >= 0.3 is 0 Å². The molecule has 0 aromatic carbocycles. The minimum Gasteiger partial charge on any atom is -0.243 e. The minimum absolute atomic E-state index is 0.424. The average Bonchev–Trinajstić information content (AvgIpc) is 2.59. The molecule has 0 N–H and O–H groups in total. The summed E-state index contributed by atoms with van der Waals surface area (Å²) in [5.74, 6) is 3.61. The number of aromatic nitrogens is 1. The van der Waals surface area contributed by atoms with Crippen LogP contribution in [-0.2, 0) is 0 Å². The maximum Gasteiger partial charge on any atom is 0.147 e. The van der Waals surface area contributed by atoms with Crippen molar-refractivity contribution in [3.8, 4) is 0 Å². The van der Waals surface area contributed by atoms with E-state index >= 15 is 0 Å². The summed E-state index contributed by atoms with van der Waals surface area (Å²) in [5, 5.41) is 1.02. The van der Waals surface area contributed by atoms with Gasteiger partial charge in [-0.25, -0.2) is 4.98 Å². The summed E-state index contributed by atoms with van der Waals surface area (Å²) in [6.07, 6.45) is 16.0. The first-order chi connectivity index (χ1) is 11.2. The lowest BCUT2D eigenvalue weighted by Crippen LogP contribution is -2.25. The van der Waals surface area contributed by atoms with Crippen LogP contribution in [0.2, 0.25) is 10.2 Å². The van der Waals surface area contributed by atoms with Crippen LogP contribution in [0.4, 0.5) is 0 Å². The molecule has 128 valence electrons. The van der Waals surface area contributed by atoms with Gasteiger partial charge in [0.25, 0.3) is 0 Å². The van der Waals surface area contributed by atoms with E-state index in [4.69, 9.17) is 23.2 Å². The summed E-state index contributed by atoms with van der Waals surface area (Å²) in [7, 11) is 0. The van der Waals surface area contributed by atoms with Gasteiger partial charge in [0, 0.05) is 6.20 Å². The number of hydrogen-bond acceptors (Lipinski definition) is 1. The zero-order chi connectivity index (χ0) is 16.2. The lowest BCUT2D eigenvalue weighted by atomic mass is 9.68. The Morgan fingerprint density at radius 3 is 2.13 bits per heavy atom. The lowest BCUT2D eigenvalue weighted by Gasteiger charge is -2.38. The van der Waals surface area contributed by atoms with Crippen molar-refractivity contribution in [3.05, 3.63) is 28.0 Å². The molecule has 0 atom stereocenters. The summed E-state index contributed by atoms with van der Waals surface area (Å²) in [6, 6.07) is 2.03. The van der Waals surface area contributed by atoms with Crippen LogP contribution in [-0.4, -0.2) is 4.98 Å². The largest absolute Gasteiger partial charge is 0.243 e. The van der Waals surface area contributed by atoms with Gasteiger partial charge in [0.2, 0.25) is 0 Å². The molecule has 2 aliphatic rings. The molecule has 1 aromatic heterocycles. The third-order valence-corrected chi connectivity index (χ3v) is 7.00. The Kier molecular flexibility index (Phi) is 6.26. The van der Waals surface area contributed by atoms with Crippen LogP contribution in [0.5, 0.6) is 0 Å². The maximum absolute atomic E-state index is 6.13. The van der Waals surface area contributed by atoms with Crippen LogP contribution >= 0.6 is 23.2 Å². The predicted octanol–water partition coefficient (Wildman–Crippen LogP) is 7.27. The highest BCUT2D eigenvalue weighted by Crippen LogP contribution is 2.44. The van der Waals surface area contributed by atoms with Gasteiger partial charge in [-0.3, -0.25) is 0 Å². The summed E-state index contributed by atoms with van der Waals surface area (Å²) >= 11 is 12.1. The molecule has 0 saturated heterocycles. The topological polar surface area (TPSA) is 12.9 Å². The van der Waals surface area contributed by atoms with Crippen LogP contribution in [0, 0.1) is 17.8 Å². The van der Waals surface area contributed by atoms with Gasteiger partial charge in [0.15, 0.2) is 0 Å². The van der Waals surface area contributed by atoms with Gasteiger partial charge in [0.1, 0.15) is 5.15 Å². The van der Waals surface area contributed by atoms with Crippen LogP contribution in [0.1, 0.15) is 82.6 Å². The van der Waals surface area contributed by atoms with Crippen molar-refractivity contribution in [1.29, 1.82) is 0 Å². The van der Waals surface area contributed by atoms with E-state index in [1.54, 1.807) is 0 Å². The van der Waals surface area contributed by atoms with E-state index in [0.717, 1.165) is 17.8 Å². The van der Waals surface area contributed by atoms with Crippen molar-refractivity contribution in [1.82, 2.24) is 4.98 Å². The zero-order valence-electron chi connectivity index (χ0n) is 14.2. The molecule has 23 heavy (non-hydrogen) atoms. The standard InChI is InChI=1S/C20H29Cl2N/c1-2-3-14-4-6-15(7-5-14)16-8-10-17(11-9-16)18-12-19(21)20(22)23-13-18/h12-17H,2-11H2,1H3/t14-,15-,16?,17?. The van der Waals surface area contributed by atoms with Gasteiger partial charge in [-0.2, -0.15) is 0 Å². The van der Waals surface area contributed by atoms with E-state index in [2.05, 4.69) is 11.9 Å². The van der Waals surface area contributed by atoms with Crippen molar-refractivity contribution in [2.45, 2.75) is 77.0 Å². The molecule has 0 aliphatic heterocycles. The SMILES string of the molecule is CCC[C@H]1CC[C@H](C2CCC(c3cnc(Cl)c(Cl)c3)CC2)CC1. The predicted molar refractivity (Wildman–Crippen MR) is 99.3 cm³/mol. The van der Waals surface area contributed by atoms with E-state index in [1.807, 2.05) is 12.3 Å². The molecule has 3 heteroatoms. The third kappa shape index (κ3) is 4.42. The van der Waals surface area contributed by atoms with E-state index in [0.29, 0.717) is 16.1 Å². The second-order valence-corrected chi connectivity index (χ2v) is 8.49. The van der Waals surface area contributed by atoms with Gasteiger partial charge in [-0.1, -0.05) is 55.8 Å². The smallest absolute Gasteiger partial charge is 0.147 e. The summed E-state index contributed by atoms with van der Waals surface area (Å²) in [6.45, 7) is 2.32. The molecular formula is C20H29Cl2N. The molecule has 1 aromatic rings. The summed E-state index contributed by atoms with van der Waals surface area (Å²) in [5.41, 5.74) is 1.28. The fourth-order valence-corrected chi connectivity index (χ4v) is 5.22. The Labute approximate surface area is 151 Å². The lowest BCUT2D eigenvalue weighted by molar-refractivity contribution is 0.156. The first-order valence-electron chi connectivity index (χ1n) is 9.48. The van der Waals surface area contributed by atoms with Crippen LogP contribution in [0.25, 0.3) is 0 Å². The molecule has 1 nitrogen and oxygen atoms in total. The number of hydrogen-bond donors (Lipinski definition) is 0. The second-order valence-electron chi connectivity index (χ2n) is 7.72. The quantitative estimate of drug-likeness (QED) is 0.518. The maximum atomic E-state index is 6.13. The Hall–Kier alpha value is -0.270. The third-order valence-electron chi connectivity index (χ3n) is 6.32. The second kappa shape index (κ2) is 8.21. The van der Waals surface area contributed by atoms with E-state index in [-0.39, 0.29) is 0 Å². The normalized spacial score (nSPS) is 32.0. The van der Waals surface area contributed by atoms with E-state index in [1.165, 1.54) is 69.8 Å². The van der Waals surface area contributed by atoms with Gasteiger partial charge in [-0.05, 0) is 73.8 Å². The van der Waals surface area contributed by atoms with E-state index < -0.39 is 0 Å². The van der Waals surface area contributed by atoms with Gasteiger partial charge < -0.3 is 0 Å². The number of pyridine rings is 1. The molecule has 0 bridgehead atoms.